The van der Waals surface area contributed by atoms with Crippen LogP contribution in [0.2, 0.25) is 0 Å². The number of benzene rings is 1. The number of rotatable bonds is 4. The topological polar surface area (TPSA) is 55.1 Å². The van der Waals surface area contributed by atoms with Crippen molar-refractivity contribution in [1.82, 2.24) is 19.2 Å². The molecule has 1 aromatic carbocycles. The number of anilines is 1. The summed E-state index contributed by atoms with van der Waals surface area (Å²) >= 11 is 0. The quantitative estimate of drug-likeness (QED) is 0.709. The van der Waals surface area contributed by atoms with Gasteiger partial charge in [-0.2, -0.15) is 5.10 Å². The third-order valence-corrected chi connectivity index (χ3v) is 6.04. The first kappa shape index (κ1) is 18.0. The summed E-state index contributed by atoms with van der Waals surface area (Å²) in [5, 5.41) is 8.16. The molecule has 3 aromatic rings. The average molecular weight is 390 g/mol. The number of hydrogen-bond acceptors (Lipinski definition) is 3. The van der Waals surface area contributed by atoms with E-state index in [1.165, 1.54) is 0 Å². The molecule has 0 radical (unpaired) electrons. The van der Waals surface area contributed by atoms with Crippen molar-refractivity contribution in [3.05, 3.63) is 65.1 Å². The lowest BCUT2D eigenvalue weighted by Crippen LogP contribution is -2.44. The molecule has 1 N–H and O–H groups in total. The molecule has 1 aliphatic carbocycles. The van der Waals surface area contributed by atoms with Crippen LogP contribution in [0.3, 0.4) is 0 Å². The second-order valence-corrected chi connectivity index (χ2v) is 8.43. The van der Waals surface area contributed by atoms with E-state index in [1.54, 1.807) is 0 Å². The molecule has 1 aliphatic heterocycles. The Morgan fingerprint density at radius 3 is 2.62 bits per heavy atom. The number of hydrogen-bond donors (Lipinski definition) is 1. The van der Waals surface area contributed by atoms with Crippen LogP contribution in [0.15, 0.2) is 42.6 Å². The fraction of sp³-hybridized carbons (Fsp3) is 0.391. The van der Waals surface area contributed by atoms with Crippen LogP contribution in [0, 0.1) is 13.8 Å². The summed E-state index contributed by atoms with van der Waals surface area (Å²) < 4.78 is 4.29. The third-order valence-electron chi connectivity index (χ3n) is 6.04. The fourth-order valence-corrected chi connectivity index (χ4v) is 4.52. The Labute approximate surface area is 171 Å². The van der Waals surface area contributed by atoms with Crippen molar-refractivity contribution in [2.45, 2.75) is 58.8 Å². The molecule has 1 amide bonds. The van der Waals surface area contributed by atoms with Gasteiger partial charge in [-0.25, -0.2) is 4.68 Å². The van der Waals surface area contributed by atoms with Crippen LogP contribution < -0.4 is 5.32 Å². The SMILES string of the molecule is Cc1cc(C2Nc3ccccc3C(=O)N2C2CC2)c(C)n1-c1ccnn1C(C)C. The molecule has 150 valence electrons. The maximum Gasteiger partial charge on any atom is 0.258 e. The van der Waals surface area contributed by atoms with Crippen molar-refractivity contribution in [1.29, 1.82) is 0 Å². The molecule has 6 heteroatoms. The molecule has 1 atom stereocenters. The zero-order valence-electron chi connectivity index (χ0n) is 17.4. The largest absolute Gasteiger partial charge is 0.361 e. The van der Waals surface area contributed by atoms with Gasteiger partial charge in [-0.3, -0.25) is 4.79 Å². The molecule has 1 fully saturated rings. The minimum absolute atomic E-state index is 0.129. The number of aryl methyl sites for hydroxylation is 1. The summed E-state index contributed by atoms with van der Waals surface area (Å²) in [5.41, 5.74) is 5.11. The van der Waals surface area contributed by atoms with E-state index in [1.807, 2.05) is 40.0 Å². The number of nitrogens with zero attached hydrogens (tertiary/aromatic N) is 4. The highest BCUT2D eigenvalue weighted by atomic mass is 16.2. The van der Waals surface area contributed by atoms with Gasteiger partial charge in [0, 0.05) is 40.8 Å². The van der Waals surface area contributed by atoms with Crippen LogP contribution >= 0.6 is 0 Å². The van der Waals surface area contributed by atoms with Crippen molar-refractivity contribution < 1.29 is 4.79 Å². The van der Waals surface area contributed by atoms with Crippen LogP contribution in [0.1, 0.15) is 66.2 Å². The standard InChI is InChI=1S/C23H27N5O/c1-14(2)28-21(11-12-24-28)26-15(3)13-19(16(26)4)22-25-20-8-6-5-7-18(20)23(29)27(22)17-9-10-17/h5-8,11-14,17,22,25H,9-10H2,1-4H3. The second kappa shape index (κ2) is 6.51. The van der Waals surface area contributed by atoms with Gasteiger partial charge in [-0.05, 0) is 58.7 Å². The summed E-state index contributed by atoms with van der Waals surface area (Å²) in [4.78, 5) is 15.4. The summed E-state index contributed by atoms with van der Waals surface area (Å²) in [6, 6.07) is 12.7. The molecule has 0 bridgehead atoms. The zero-order chi connectivity index (χ0) is 20.3. The number of para-hydroxylation sites is 1. The Kier molecular flexibility index (Phi) is 4.05. The first-order valence-electron chi connectivity index (χ1n) is 10.4. The van der Waals surface area contributed by atoms with Crippen LogP contribution in [0.25, 0.3) is 5.82 Å². The van der Waals surface area contributed by atoms with Crippen molar-refractivity contribution >= 4 is 11.6 Å². The average Bonchev–Trinajstić information content (AvgIpc) is 3.33. The molecule has 2 aliphatic rings. The molecule has 5 rings (SSSR count). The fourth-order valence-electron chi connectivity index (χ4n) is 4.52. The van der Waals surface area contributed by atoms with E-state index in [4.69, 9.17) is 0 Å². The Balaban J connectivity index is 1.62. The van der Waals surface area contributed by atoms with Crippen LogP contribution in [0.5, 0.6) is 0 Å². The summed E-state index contributed by atoms with van der Waals surface area (Å²) in [7, 11) is 0. The van der Waals surface area contributed by atoms with Crippen LogP contribution in [-0.2, 0) is 0 Å². The summed E-state index contributed by atoms with van der Waals surface area (Å²) in [6.45, 7) is 8.53. The van der Waals surface area contributed by atoms with Crippen molar-refractivity contribution in [2.75, 3.05) is 5.32 Å². The van der Waals surface area contributed by atoms with Gasteiger partial charge >= 0.3 is 0 Å². The first-order chi connectivity index (χ1) is 14.0. The van der Waals surface area contributed by atoms with Crippen LogP contribution in [-0.4, -0.2) is 31.2 Å². The second-order valence-electron chi connectivity index (χ2n) is 8.43. The van der Waals surface area contributed by atoms with E-state index in [9.17, 15) is 4.79 Å². The number of nitrogens with one attached hydrogen (secondary N) is 1. The highest BCUT2D eigenvalue weighted by molar-refractivity contribution is 6.02. The Morgan fingerprint density at radius 2 is 1.90 bits per heavy atom. The van der Waals surface area contributed by atoms with Gasteiger partial charge in [0.25, 0.3) is 5.91 Å². The molecule has 2 aromatic heterocycles. The van der Waals surface area contributed by atoms with E-state index in [2.05, 4.69) is 54.8 Å². The molecule has 1 unspecified atom stereocenters. The monoisotopic (exact) mass is 389 g/mol. The molecule has 1 saturated carbocycles. The number of aromatic nitrogens is 3. The predicted molar refractivity (Wildman–Crippen MR) is 113 cm³/mol. The number of carbonyl (C=O) groups is 1. The van der Waals surface area contributed by atoms with Gasteiger partial charge in [0.1, 0.15) is 12.0 Å². The maximum absolute atomic E-state index is 13.3. The van der Waals surface area contributed by atoms with E-state index in [0.29, 0.717) is 6.04 Å². The van der Waals surface area contributed by atoms with Gasteiger partial charge in [-0.15, -0.1) is 0 Å². The van der Waals surface area contributed by atoms with E-state index >= 15 is 0 Å². The third kappa shape index (κ3) is 2.77. The lowest BCUT2D eigenvalue weighted by Gasteiger charge is -2.38. The highest BCUT2D eigenvalue weighted by Gasteiger charge is 2.43. The number of carbonyl (C=O) groups excluding carboxylic acids is 1. The summed E-state index contributed by atoms with van der Waals surface area (Å²) in [5.74, 6) is 1.19. The van der Waals surface area contributed by atoms with Crippen LogP contribution in [0.4, 0.5) is 5.69 Å². The van der Waals surface area contributed by atoms with Gasteiger partial charge in [0.15, 0.2) is 0 Å². The number of amides is 1. The molecular weight excluding hydrogens is 362 g/mol. The molecule has 0 spiro atoms. The molecule has 6 nitrogen and oxygen atoms in total. The van der Waals surface area contributed by atoms with Gasteiger partial charge in [-0.1, -0.05) is 12.1 Å². The van der Waals surface area contributed by atoms with Gasteiger partial charge < -0.3 is 14.8 Å². The molecule has 29 heavy (non-hydrogen) atoms. The van der Waals surface area contributed by atoms with Crippen molar-refractivity contribution in [3.63, 3.8) is 0 Å². The van der Waals surface area contributed by atoms with Crippen molar-refractivity contribution in [2.24, 2.45) is 0 Å². The minimum Gasteiger partial charge on any atom is -0.361 e. The Hall–Kier alpha value is -3.02. The Bertz CT molecular complexity index is 1090. The summed E-state index contributed by atoms with van der Waals surface area (Å²) in [6.07, 6.45) is 3.85. The maximum atomic E-state index is 13.3. The predicted octanol–water partition coefficient (Wildman–Crippen LogP) is 4.60. The lowest BCUT2D eigenvalue weighted by molar-refractivity contribution is 0.0666. The lowest BCUT2D eigenvalue weighted by atomic mass is 10.0. The molecular formula is C23H27N5O. The minimum atomic E-state index is -0.153. The first-order valence-corrected chi connectivity index (χ1v) is 10.4. The zero-order valence-corrected chi connectivity index (χ0v) is 17.4. The van der Waals surface area contributed by atoms with E-state index in [-0.39, 0.29) is 18.1 Å². The van der Waals surface area contributed by atoms with E-state index < -0.39 is 0 Å². The van der Waals surface area contributed by atoms with Gasteiger partial charge in [0.2, 0.25) is 0 Å². The molecule has 0 saturated heterocycles. The smallest absolute Gasteiger partial charge is 0.258 e. The normalized spacial score (nSPS) is 18.9. The highest BCUT2D eigenvalue weighted by Crippen LogP contribution is 2.42. The Morgan fingerprint density at radius 1 is 1.14 bits per heavy atom. The van der Waals surface area contributed by atoms with Gasteiger partial charge in [0.05, 0.1) is 11.8 Å². The van der Waals surface area contributed by atoms with E-state index in [0.717, 1.165) is 46.9 Å². The van der Waals surface area contributed by atoms with Crippen molar-refractivity contribution in [3.8, 4) is 5.82 Å². The molecule has 3 heterocycles. The number of fused-ring (bicyclic) bond motifs is 1.